The molecule has 2 N–H and O–H groups in total. The van der Waals surface area contributed by atoms with Crippen LogP contribution in [0.4, 0.5) is 0 Å². The Hall–Kier alpha value is -0.900. The van der Waals surface area contributed by atoms with E-state index in [0.29, 0.717) is 19.8 Å². The molecule has 0 aliphatic carbocycles. The molecule has 3 nitrogen and oxygen atoms in total. The molecule has 0 radical (unpaired) electrons. The van der Waals surface area contributed by atoms with Crippen LogP contribution in [0.2, 0.25) is 0 Å². The van der Waals surface area contributed by atoms with Crippen molar-refractivity contribution in [3.63, 3.8) is 0 Å². The van der Waals surface area contributed by atoms with Gasteiger partial charge < -0.3 is 15.2 Å². The van der Waals surface area contributed by atoms with Crippen molar-refractivity contribution in [1.29, 1.82) is 0 Å². The molecule has 0 bridgehead atoms. The molecule has 0 aliphatic rings. The Morgan fingerprint density at radius 3 is 2.75 bits per heavy atom. The SMILES string of the molecule is CCNCC(O)COCCc1ccccc1. The monoisotopic (exact) mass is 223 g/mol. The van der Waals surface area contributed by atoms with E-state index in [0.717, 1.165) is 13.0 Å². The Morgan fingerprint density at radius 1 is 1.31 bits per heavy atom. The first-order valence-corrected chi connectivity index (χ1v) is 5.83. The Bertz CT molecular complexity index is 264. The third-order valence-corrected chi connectivity index (χ3v) is 2.32. The molecule has 0 saturated heterocycles. The largest absolute Gasteiger partial charge is 0.389 e. The van der Waals surface area contributed by atoms with Crippen molar-refractivity contribution >= 4 is 0 Å². The normalized spacial score (nSPS) is 12.6. The van der Waals surface area contributed by atoms with Crippen LogP contribution >= 0.6 is 0 Å². The van der Waals surface area contributed by atoms with E-state index < -0.39 is 6.10 Å². The molecule has 0 aliphatic heterocycles. The lowest BCUT2D eigenvalue weighted by Gasteiger charge is -2.11. The third kappa shape index (κ3) is 5.85. The van der Waals surface area contributed by atoms with Crippen molar-refractivity contribution in [3.8, 4) is 0 Å². The molecule has 0 saturated carbocycles. The second-order valence-electron chi connectivity index (χ2n) is 3.77. The number of ether oxygens (including phenoxy) is 1. The first-order valence-electron chi connectivity index (χ1n) is 5.83. The summed E-state index contributed by atoms with van der Waals surface area (Å²) >= 11 is 0. The van der Waals surface area contributed by atoms with E-state index in [2.05, 4.69) is 17.4 Å². The van der Waals surface area contributed by atoms with Crippen LogP contribution in [0.1, 0.15) is 12.5 Å². The average molecular weight is 223 g/mol. The standard InChI is InChI=1S/C13H21NO2/c1-2-14-10-13(15)11-16-9-8-12-6-4-3-5-7-12/h3-7,13-15H,2,8-11H2,1H3. The first kappa shape index (κ1) is 13.2. The van der Waals surface area contributed by atoms with Gasteiger partial charge in [0.25, 0.3) is 0 Å². The second kappa shape index (κ2) is 8.28. The lowest BCUT2D eigenvalue weighted by molar-refractivity contribution is 0.0386. The minimum atomic E-state index is -0.407. The number of likely N-dealkylation sites (N-methyl/N-ethyl adjacent to an activating group) is 1. The molecule has 0 spiro atoms. The van der Waals surface area contributed by atoms with Crippen molar-refractivity contribution in [2.75, 3.05) is 26.3 Å². The summed E-state index contributed by atoms with van der Waals surface area (Å²) in [6.45, 7) is 4.55. The highest BCUT2D eigenvalue weighted by Crippen LogP contribution is 1.99. The minimum absolute atomic E-state index is 0.403. The van der Waals surface area contributed by atoms with E-state index in [-0.39, 0.29) is 0 Å². The zero-order chi connectivity index (χ0) is 11.6. The molecule has 16 heavy (non-hydrogen) atoms. The Labute approximate surface area is 97.4 Å². The molecule has 1 aromatic rings. The average Bonchev–Trinajstić information content (AvgIpc) is 2.33. The summed E-state index contributed by atoms with van der Waals surface area (Å²) in [5, 5.41) is 12.6. The molecule has 90 valence electrons. The number of benzene rings is 1. The topological polar surface area (TPSA) is 41.5 Å². The summed E-state index contributed by atoms with van der Waals surface area (Å²) in [6.07, 6.45) is 0.491. The smallest absolute Gasteiger partial charge is 0.0897 e. The molecule has 0 fully saturated rings. The molecular weight excluding hydrogens is 202 g/mol. The Kier molecular flexibility index (Phi) is 6.81. The van der Waals surface area contributed by atoms with Crippen LogP contribution in [0.5, 0.6) is 0 Å². The van der Waals surface area contributed by atoms with Gasteiger partial charge >= 0.3 is 0 Å². The molecule has 1 atom stereocenters. The van der Waals surface area contributed by atoms with Gasteiger partial charge in [-0.25, -0.2) is 0 Å². The van der Waals surface area contributed by atoms with Crippen molar-refractivity contribution in [3.05, 3.63) is 35.9 Å². The van der Waals surface area contributed by atoms with Crippen LogP contribution in [0, 0.1) is 0 Å². The van der Waals surface area contributed by atoms with Gasteiger partial charge in [-0.2, -0.15) is 0 Å². The van der Waals surface area contributed by atoms with E-state index >= 15 is 0 Å². The van der Waals surface area contributed by atoms with Gasteiger partial charge in [-0.1, -0.05) is 37.3 Å². The molecule has 1 aromatic carbocycles. The van der Waals surface area contributed by atoms with Gasteiger partial charge in [0.2, 0.25) is 0 Å². The van der Waals surface area contributed by atoms with Crippen LogP contribution in [-0.2, 0) is 11.2 Å². The molecule has 0 heterocycles. The van der Waals surface area contributed by atoms with Crippen LogP contribution in [0.25, 0.3) is 0 Å². The van der Waals surface area contributed by atoms with Crippen molar-refractivity contribution in [2.24, 2.45) is 0 Å². The highest BCUT2D eigenvalue weighted by atomic mass is 16.5. The number of aliphatic hydroxyl groups excluding tert-OH is 1. The van der Waals surface area contributed by atoms with E-state index in [1.165, 1.54) is 5.56 Å². The maximum absolute atomic E-state index is 9.49. The van der Waals surface area contributed by atoms with Gasteiger partial charge in [0.1, 0.15) is 0 Å². The van der Waals surface area contributed by atoms with E-state index in [1.54, 1.807) is 0 Å². The summed E-state index contributed by atoms with van der Waals surface area (Å²) in [6, 6.07) is 10.2. The van der Waals surface area contributed by atoms with Gasteiger partial charge in [0, 0.05) is 6.54 Å². The molecule has 1 rings (SSSR count). The van der Waals surface area contributed by atoms with Crippen LogP contribution in [0.3, 0.4) is 0 Å². The maximum atomic E-state index is 9.49. The number of rotatable bonds is 8. The van der Waals surface area contributed by atoms with Gasteiger partial charge in [-0.15, -0.1) is 0 Å². The number of nitrogens with one attached hydrogen (secondary N) is 1. The van der Waals surface area contributed by atoms with Crippen molar-refractivity contribution in [2.45, 2.75) is 19.4 Å². The number of hydrogen-bond donors (Lipinski definition) is 2. The molecule has 0 amide bonds. The van der Waals surface area contributed by atoms with Gasteiger partial charge in [-0.05, 0) is 18.5 Å². The van der Waals surface area contributed by atoms with E-state index in [9.17, 15) is 5.11 Å². The van der Waals surface area contributed by atoms with E-state index in [4.69, 9.17) is 4.74 Å². The van der Waals surface area contributed by atoms with E-state index in [1.807, 2.05) is 25.1 Å². The van der Waals surface area contributed by atoms with Gasteiger partial charge in [0.05, 0.1) is 19.3 Å². The predicted molar refractivity (Wildman–Crippen MR) is 65.5 cm³/mol. The number of hydrogen-bond acceptors (Lipinski definition) is 3. The second-order valence-corrected chi connectivity index (χ2v) is 3.77. The zero-order valence-electron chi connectivity index (χ0n) is 9.86. The van der Waals surface area contributed by atoms with Gasteiger partial charge in [-0.3, -0.25) is 0 Å². The summed E-state index contributed by atoms with van der Waals surface area (Å²) in [5.41, 5.74) is 1.27. The summed E-state index contributed by atoms with van der Waals surface area (Å²) in [7, 11) is 0. The van der Waals surface area contributed by atoms with Crippen molar-refractivity contribution in [1.82, 2.24) is 5.32 Å². The fourth-order valence-corrected chi connectivity index (χ4v) is 1.42. The highest BCUT2D eigenvalue weighted by molar-refractivity contribution is 5.14. The maximum Gasteiger partial charge on any atom is 0.0897 e. The van der Waals surface area contributed by atoms with Gasteiger partial charge in [0.15, 0.2) is 0 Å². The lowest BCUT2D eigenvalue weighted by atomic mass is 10.2. The third-order valence-electron chi connectivity index (χ3n) is 2.32. The highest BCUT2D eigenvalue weighted by Gasteiger charge is 2.02. The van der Waals surface area contributed by atoms with Crippen molar-refractivity contribution < 1.29 is 9.84 Å². The number of aliphatic hydroxyl groups is 1. The van der Waals surface area contributed by atoms with Crippen LogP contribution in [0.15, 0.2) is 30.3 Å². The fourth-order valence-electron chi connectivity index (χ4n) is 1.42. The Morgan fingerprint density at radius 2 is 2.06 bits per heavy atom. The fraction of sp³-hybridized carbons (Fsp3) is 0.538. The van der Waals surface area contributed by atoms with Crippen LogP contribution in [-0.4, -0.2) is 37.5 Å². The summed E-state index contributed by atoms with van der Waals surface area (Å²) < 4.78 is 5.41. The summed E-state index contributed by atoms with van der Waals surface area (Å²) in [4.78, 5) is 0. The zero-order valence-corrected chi connectivity index (χ0v) is 9.86. The summed E-state index contributed by atoms with van der Waals surface area (Å²) in [5.74, 6) is 0. The molecule has 3 heteroatoms. The molecular formula is C13H21NO2. The molecule has 1 unspecified atom stereocenters. The minimum Gasteiger partial charge on any atom is -0.389 e. The predicted octanol–water partition coefficient (Wildman–Crippen LogP) is 1.22. The first-order chi connectivity index (χ1) is 7.83. The Balaban J connectivity index is 2.03. The quantitative estimate of drug-likeness (QED) is 0.651. The lowest BCUT2D eigenvalue weighted by Crippen LogP contribution is -2.30. The van der Waals surface area contributed by atoms with Crippen LogP contribution < -0.4 is 5.32 Å². The molecule has 0 aromatic heterocycles.